The second-order valence-electron chi connectivity index (χ2n) is 10.4. The molecular weight excluding hydrogens is 360 g/mol. The maximum atomic E-state index is 13.7. The highest BCUT2D eigenvalue weighted by molar-refractivity contribution is 5.84. The van der Waals surface area contributed by atoms with Gasteiger partial charge in [0.2, 0.25) is 5.91 Å². The van der Waals surface area contributed by atoms with Crippen LogP contribution in [-0.4, -0.2) is 40.1 Å². The summed E-state index contributed by atoms with van der Waals surface area (Å²) in [5, 5.41) is 12.0. The van der Waals surface area contributed by atoms with Gasteiger partial charge in [0, 0.05) is 30.6 Å². The molecule has 0 radical (unpaired) electrons. The van der Waals surface area contributed by atoms with Gasteiger partial charge in [0.25, 0.3) is 0 Å². The quantitative estimate of drug-likeness (QED) is 0.867. The molecule has 5 aliphatic rings. The Morgan fingerprint density at radius 2 is 1.72 bits per heavy atom. The smallest absolute Gasteiger partial charge is 0.228 e. The van der Waals surface area contributed by atoms with Crippen LogP contribution in [0.3, 0.4) is 0 Å². The number of β-amino-alcohol motifs (C(OH)–C–C–N with tert-alkyl or cyclic N) is 1. The van der Waals surface area contributed by atoms with E-state index in [1.807, 2.05) is 29.3 Å². The maximum Gasteiger partial charge on any atom is 0.228 e. The Morgan fingerprint density at radius 3 is 2.45 bits per heavy atom. The van der Waals surface area contributed by atoms with Crippen molar-refractivity contribution >= 4 is 16.8 Å². The number of para-hydroxylation sites is 1. The molecule has 0 spiro atoms. The summed E-state index contributed by atoms with van der Waals surface area (Å²) >= 11 is 0. The predicted molar refractivity (Wildman–Crippen MR) is 112 cm³/mol. The number of pyridine rings is 1. The molecule has 7 rings (SSSR count). The molecule has 2 aromatic rings. The Kier molecular flexibility index (Phi) is 4.03. The van der Waals surface area contributed by atoms with Crippen molar-refractivity contribution in [3.8, 4) is 0 Å². The Bertz CT molecular complexity index is 914. The van der Waals surface area contributed by atoms with Crippen molar-refractivity contribution in [2.45, 2.75) is 51.0 Å². The zero-order valence-electron chi connectivity index (χ0n) is 17.0. The first-order valence-corrected chi connectivity index (χ1v) is 11.4. The van der Waals surface area contributed by atoms with Gasteiger partial charge >= 0.3 is 0 Å². The minimum absolute atomic E-state index is 0.104. The van der Waals surface area contributed by atoms with Gasteiger partial charge in [-0.25, -0.2) is 0 Å². The molecule has 1 saturated heterocycles. The summed E-state index contributed by atoms with van der Waals surface area (Å²) in [6.07, 6.45) is 9.59. The standard InChI is InChI=1S/C25H30N2O2/c28-23-15-27(24(29)25-11-16-7-17(12-25)9-18(8-16)13-25)14-20(23)10-19-5-6-26-22-4-2-1-3-21(19)22/h1-6,16-18,20,23,28H,7-15H2/t16?,17?,18?,20-,23+,25?/m1/s1. The van der Waals surface area contributed by atoms with E-state index in [9.17, 15) is 9.90 Å². The number of likely N-dealkylation sites (tertiary alicyclic amines) is 1. The molecule has 1 aromatic heterocycles. The summed E-state index contributed by atoms with van der Waals surface area (Å²) in [6, 6.07) is 10.3. The number of rotatable bonds is 3. The Labute approximate surface area is 172 Å². The first-order chi connectivity index (χ1) is 14.1. The van der Waals surface area contributed by atoms with Crippen LogP contribution in [0.25, 0.3) is 10.9 Å². The Morgan fingerprint density at radius 1 is 1.03 bits per heavy atom. The summed E-state index contributed by atoms with van der Waals surface area (Å²) in [6.45, 7) is 1.20. The van der Waals surface area contributed by atoms with Gasteiger partial charge in [-0.05, 0) is 80.4 Å². The number of aliphatic hydroxyl groups excluding tert-OH is 1. The van der Waals surface area contributed by atoms with Crippen molar-refractivity contribution in [1.29, 1.82) is 0 Å². The van der Waals surface area contributed by atoms with E-state index in [4.69, 9.17) is 0 Å². The number of benzene rings is 1. The number of aromatic nitrogens is 1. The van der Waals surface area contributed by atoms with Crippen LogP contribution in [0.2, 0.25) is 0 Å². The van der Waals surface area contributed by atoms with Crippen molar-refractivity contribution in [2.75, 3.05) is 13.1 Å². The third-order valence-electron chi connectivity index (χ3n) is 8.41. The minimum Gasteiger partial charge on any atom is -0.391 e. The molecule has 29 heavy (non-hydrogen) atoms. The van der Waals surface area contributed by atoms with Crippen molar-refractivity contribution < 1.29 is 9.90 Å². The topological polar surface area (TPSA) is 53.4 Å². The molecule has 4 heteroatoms. The zero-order chi connectivity index (χ0) is 19.6. The number of hydrogen-bond acceptors (Lipinski definition) is 3. The number of hydrogen-bond donors (Lipinski definition) is 1. The van der Waals surface area contributed by atoms with Crippen LogP contribution >= 0.6 is 0 Å². The van der Waals surface area contributed by atoms with E-state index < -0.39 is 6.10 Å². The molecule has 4 nitrogen and oxygen atoms in total. The lowest BCUT2D eigenvalue weighted by Gasteiger charge is -2.56. The highest BCUT2D eigenvalue weighted by Crippen LogP contribution is 2.60. The van der Waals surface area contributed by atoms with Crippen LogP contribution in [0.15, 0.2) is 36.5 Å². The molecule has 4 aliphatic carbocycles. The van der Waals surface area contributed by atoms with Gasteiger partial charge in [-0.3, -0.25) is 9.78 Å². The van der Waals surface area contributed by atoms with Gasteiger partial charge in [0.15, 0.2) is 0 Å². The van der Waals surface area contributed by atoms with Gasteiger partial charge in [-0.2, -0.15) is 0 Å². The van der Waals surface area contributed by atoms with Gasteiger partial charge in [-0.15, -0.1) is 0 Å². The van der Waals surface area contributed by atoms with E-state index in [-0.39, 0.29) is 11.3 Å². The molecule has 1 aromatic carbocycles. The maximum absolute atomic E-state index is 13.7. The van der Waals surface area contributed by atoms with Crippen LogP contribution < -0.4 is 0 Å². The number of carbonyl (C=O) groups is 1. The highest BCUT2D eigenvalue weighted by atomic mass is 16.3. The van der Waals surface area contributed by atoms with Gasteiger partial charge < -0.3 is 10.0 Å². The first-order valence-electron chi connectivity index (χ1n) is 11.4. The number of fused-ring (bicyclic) bond motifs is 1. The average Bonchev–Trinajstić information content (AvgIpc) is 3.07. The SMILES string of the molecule is O=C(N1C[C@@H](Cc2ccnc3ccccc23)[C@@H](O)C1)C12CC3CC(CC(C3)C1)C2. The van der Waals surface area contributed by atoms with Gasteiger partial charge in [0.05, 0.1) is 17.0 Å². The molecule has 4 saturated carbocycles. The Balaban J connectivity index is 1.21. The summed E-state index contributed by atoms with van der Waals surface area (Å²) in [5.41, 5.74) is 2.12. The van der Waals surface area contributed by atoms with Crippen LogP contribution in [0.4, 0.5) is 0 Å². The number of aliphatic hydroxyl groups is 1. The minimum atomic E-state index is -0.431. The second kappa shape index (κ2) is 6.53. The zero-order valence-corrected chi connectivity index (χ0v) is 17.0. The molecule has 2 atom stereocenters. The van der Waals surface area contributed by atoms with E-state index in [1.165, 1.54) is 24.8 Å². The highest BCUT2D eigenvalue weighted by Gasteiger charge is 2.56. The molecule has 1 amide bonds. The van der Waals surface area contributed by atoms with Crippen molar-refractivity contribution in [3.63, 3.8) is 0 Å². The molecule has 2 heterocycles. The lowest BCUT2D eigenvalue weighted by molar-refractivity contribution is -0.157. The first kappa shape index (κ1) is 17.9. The molecule has 152 valence electrons. The molecule has 5 fully saturated rings. The summed E-state index contributed by atoms with van der Waals surface area (Å²) in [7, 11) is 0. The van der Waals surface area contributed by atoms with Crippen molar-refractivity contribution in [3.05, 3.63) is 42.1 Å². The fourth-order valence-corrected chi connectivity index (χ4v) is 7.54. The lowest BCUT2D eigenvalue weighted by atomic mass is 9.49. The molecule has 1 aliphatic heterocycles. The van der Waals surface area contributed by atoms with Gasteiger partial charge in [0.1, 0.15) is 0 Å². The van der Waals surface area contributed by atoms with Crippen LogP contribution in [0.5, 0.6) is 0 Å². The van der Waals surface area contributed by atoms with E-state index in [0.717, 1.165) is 54.3 Å². The van der Waals surface area contributed by atoms with Crippen LogP contribution in [0.1, 0.15) is 44.1 Å². The number of nitrogens with zero attached hydrogens (tertiary/aromatic N) is 2. The second-order valence-corrected chi connectivity index (χ2v) is 10.4. The van der Waals surface area contributed by atoms with E-state index in [0.29, 0.717) is 19.0 Å². The van der Waals surface area contributed by atoms with Crippen molar-refractivity contribution in [2.24, 2.45) is 29.1 Å². The fraction of sp³-hybridized carbons (Fsp3) is 0.600. The van der Waals surface area contributed by atoms with Gasteiger partial charge in [-0.1, -0.05) is 18.2 Å². The largest absolute Gasteiger partial charge is 0.391 e. The lowest BCUT2D eigenvalue weighted by Crippen LogP contribution is -2.54. The van der Waals surface area contributed by atoms with E-state index >= 15 is 0 Å². The third kappa shape index (κ3) is 2.91. The summed E-state index contributed by atoms with van der Waals surface area (Å²) < 4.78 is 0. The average molecular weight is 391 g/mol. The summed E-state index contributed by atoms with van der Waals surface area (Å²) in [5.74, 6) is 2.79. The third-order valence-corrected chi connectivity index (χ3v) is 8.41. The molecular formula is C25H30N2O2. The fourth-order valence-electron chi connectivity index (χ4n) is 7.54. The molecule has 4 bridgehead atoms. The van der Waals surface area contributed by atoms with E-state index in [2.05, 4.69) is 17.1 Å². The van der Waals surface area contributed by atoms with E-state index in [1.54, 1.807) is 0 Å². The molecule has 1 N–H and O–H groups in total. The van der Waals surface area contributed by atoms with Crippen LogP contribution in [-0.2, 0) is 11.2 Å². The number of amides is 1. The predicted octanol–water partition coefficient (Wildman–Crippen LogP) is 3.81. The van der Waals surface area contributed by atoms with Crippen LogP contribution in [0, 0.1) is 29.1 Å². The Hall–Kier alpha value is -1.94. The molecule has 0 unspecified atom stereocenters. The monoisotopic (exact) mass is 390 g/mol. The summed E-state index contributed by atoms with van der Waals surface area (Å²) in [4.78, 5) is 20.1. The van der Waals surface area contributed by atoms with Crippen molar-refractivity contribution in [1.82, 2.24) is 9.88 Å². The normalized spacial score (nSPS) is 38.1. The number of carbonyl (C=O) groups excluding carboxylic acids is 1.